The van der Waals surface area contributed by atoms with Gasteiger partial charge in [-0.25, -0.2) is 4.90 Å². The molecular formula is C30H25N3O6. The standard InChI is InChI=1S/C30H25N3O6/c1-17(34)39-22-13-9-20(10-14-22)33-29(36)24-25(30(33)37)27(28(35)31-19-7-11-21(38-2)12-8-19)32-16-15-18-5-3-4-6-23(18)26(24)32/h3-16,24-27H,1-2H3,(H,31,35)/t24-,25+,26+,27-/m0/s1. The minimum absolute atomic E-state index is 0.305. The Bertz CT molecular complexity index is 1510. The summed E-state index contributed by atoms with van der Waals surface area (Å²) in [5, 5.41) is 2.92. The first-order valence-electron chi connectivity index (χ1n) is 12.5. The third kappa shape index (κ3) is 4.03. The van der Waals surface area contributed by atoms with Gasteiger partial charge in [-0.3, -0.25) is 19.2 Å². The van der Waals surface area contributed by atoms with Crippen LogP contribution in [0.2, 0.25) is 0 Å². The Morgan fingerprint density at radius 2 is 1.51 bits per heavy atom. The molecular weight excluding hydrogens is 498 g/mol. The number of methoxy groups -OCH3 is 1. The van der Waals surface area contributed by atoms with Crippen molar-refractivity contribution >= 4 is 41.1 Å². The predicted octanol–water partition coefficient (Wildman–Crippen LogP) is 3.77. The molecule has 3 amide bonds. The van der Waals surface area contributed by atoms with Crippen LogP contribution < -0.4 is 19.7 Å². The lowest BCUT2D eigenvalue weighted by molar-refractivity contribution is -0.132. The molecule has 39 heavy (non-hydrogen) atoms. The molecule has 9 nitrogen and oxygen atoms in total. The fourth-order valence-corrected chi connectivity index (χ4v) is 5.83. The van der Waals surface area contributed by atoms with Gasteiger partial charge in [0.1, 0.15) is 17.5 Å². The number of hydrogen-bond donors (Lipinski definition) is 1. The number of carbonyl (C=O) groups excluding carboxylic acids is 4. The van der Waals surface area contributed by atoms with Crippen LogP contribution in [0.4, 0.5) is 11.4 Å². The van der Waals surface area contributed by atoms with Gasteiger partial charge in [-0.1, -0.05) is 24.3 Å². The molecule has 0 saturated carbocycles. The quantitative estimate of drug-likeness (QED) is 0.308. The summed E-state index contributed by atoms with van der Waals surface area (Å²) in [6, 6.07) is 19.4. The van der Waals surface area contributed by atoms with Crippen LogP contribution in [0.1, 0.15) is 24.1 Å². The molecule has 0 aliphatic carbocycles. The molecule has 4 atom stereocenters. The number of fused-ring (bicyclic) bond motifs is 5. The van der Waals surface area contributed by atoms with E-state index in [2.05, 4.69) is 5.32 Å². The summed E-state index contributed by atoms with van der Waals surface area (Å²) in [5.74, 6) is -2.37. The Morgan fingerprint density at radius 3 is 2.21 bits per heavy atom. The van der Waals surface area contributed by atoms with Crippen molar-refractivity contribution in [3.63, 3.8) is 0 Å². The van der Waals surface area contributed by atoms with E-state index in [0.29, 0.717) is 22.9 Å². The molecule has 3 aliphatic heterocycles. The number of imide groups is 1. The summed E-state index contributed by atoms with van der Waals surface area (Å²) >= 11 is 0. The van der Waals surface area contributed by atoms with Gasteiger partial charge in [-0.05, 0) is 65.7 Å². The summed E-state index contributed by atoms with van der Waals surface area (Å²) < 4.78 is 10.3. The highest BCUT2D eigenvalue weighted by molar-refractivity contribution is 6.24. The lowest BCUT2D eigenvalue weighted by Gasteiger charge is -2.35. The molecule has 3 heterocycles. The van der Waals surface area contributed by atoms with Gasteiger partial charge in [0, 0.05) is 18.8 Å². The van der Waals surface area contributed by atoms with Crippen molar-refractivity contribution in [2.75, 3.05) is 17.3 Å². The number of amides is 3. The molecule has 1 N–H and O–H groups in total. The maximum atomic E-state index is 13.9. The van der Waals surface area contributed by atoms with Crippen molar-refractivity contribution in [3.8, 4) is 11.5 Å². The lowest BCUT2D eigenvalue weighted by atomic mass is 9.84. The number of nitrogens with zero attached hydrogens (tertiary/aromatic N) is 2. The van der Waals surface area contributed by atoms with E-state index >= 15 is 0 Å². The maximum Gasteiger partial charge on any atom is 0.308 e. The number of anilines is 2. The smallest absolute Gasteiger partial charge is 0.308 e. The van der Waals surface area contributed by atoms with E-state index in [1.54, 1.807) is 43.5 Å². The molecule has 3 aromatic carbocycles. The third-order valence-electron chi connectivity index (χ3n) is 7.44. The Balaban J connectivity index is 1.38. The minimum Gasteiger partial charge on any atom is -0.497 e. The van der Waals surface area contributed by atoms with Crippen molar-refractivity contribution in [1.82, 2.24) is 4.90 Å². The highest BCUT2D eigenvalue weighted by atomic mass is 16.5. The third-order valence-corrected chi connectivity index (χ3v) is 7.44. The molecule has 2 fully saturated rings. The summed E-state index contributed by atoms with van der Waals surface area (Å²) in [6.07, 6.45) is 3.71. The normalized spacial score (nSPS) is 22.7. The topological polar surface area (TPSA) is 105 Å². The molecule has 196 valence electrons. The Hall–Kier alpha value is -4.92. The summed E-state index contributed by atoms with van der Waals surface area (Å²) in [7, 11) is 1.56. The van der Waals surface area contributed by atoms with Crippen molar-refractivity contribution in [2.24, 2.45) is 11.8 Å². The van der Waals surface area contributed by atoms with Crippen LogP contribution in [0.5, 0.6) is 11.5 Å². The zero-order valence-electron chi connectivity index (χ0n) is 21.2. The Labute approximate surface area is 224 Å². The first-order valence-corrected chi connectivity index (χ1v) is 12.5. The van der Waals surface area contributed by atoms with Gasteiger partial charge < -0.3 is 19.7 Å². The van der Waals surface area contributed by atoms with Crippen molar-refractivity contribution < 1.29 is 28.7 Å². The lowest BCUT2D eigenvalue weighted by Crippen LogP contribution is -2.46. The van der Waals surface area contributed by atoms with E-state index in [1.807, 2.05) is 41.4 Å². The van der Waals surface area contributed by atoms with Gasteiger partial charge in [0.25, 0.3) is 0 Å². The highest BCUT2D eigenvalue weighted by Crippen LogP contribution is 2.53. The van der Waals surface area contributed by atoms with E-state index in [1.165, 1.54) is 19.1 Å². The molecule has 6 rings (SSSR count). The Kier molecular flexibility index (Phi) is 5.91. The first kappa shape index (κ1) is 24.4. The monoisotopic (exact) mass is 523 g/mol. The predicted molar refractivity (Wildman–Crippen MR) is 143 cm³/mol. The first-order chi connectivity index (χ1) is 18.9. The van der Waals surface area contributed by atoms with Crippen LogP contribution in [0.25, 0.3) is 6.08 Å². The fourth-order valence-electron chi connectivity index (χ4n) is 5.83. The van der Waals surface area contributed by atoms with E-state index in [-0.39, 0.29) is 11.8 Å². The number of rotatable bonds is 5. The maximum absolute atomic E-state index is 13.9. The number of ether oxygens (including phenoxy) is 2. The number of nitrogens with one attached hydrogen (secondary N) is 1. The second-order valence-corrected chi connectivity index (χ2v) is 9.65. The molecule has 0 radical (unpaired) electrons. The molecule has 2 saturated heterocycles. The zero-order valence-corrected chi connectivity index (χ0v) is 21.2. The average molecular weight is 524 g/mol. The van der Waals surface area contributed by atoms with Crippen molar-refractivity contribution in [3.05, 3.63) is 90.1 Å². The van der Waals surface area contributed by atoms with E-state index < -0.39 is 35.8 Å². The van der Waals surface area contributed by atoms with Crippen LogP contribution in [-0.4, -0.2) is 41.7 Å². The second-order valence-electron chi connectivity index (χ2n) is 9.65. The van der Waals surface area contributed by atoms with Gasteiger partial charge in [0.2, 0.25) is 17.7 Å². The number of benzene rings is 3. The van der Waals surface area contributed by atoms with Gasteiger partial charge in [-0.15, -0.1) is 0 Å². The second kappa shape index (κ2) is 9.43. The van der Waals surface area contributed by atoms with Crippen LogP contribution in [0.3, 0.4) is 0 Å². The summed E-state index contributed by atoms with van der Waals surface area (Å²) in [5.41, 5.74) is 2.74. The van der Waals surface area contributed by atoms with Crippen LogP contribution in [0.15, 0.2) is 79.0 Å². The van der Waals surface area contributed by atoms with E-state index in [9.17, 15) is 19.2 Å². The summed E-state index contributed by atoms with van der Waals surface area (Å²) in [6.45, 7) is 1.29. The molecule has 0 aromatic heterocycles. The molecule has 9 heteroatoms. The number of carbonyl (C=O) groups is 4. The van der Waals surface area contributed by atoms with Gasteiger partial charge >= 0.3 is 5.97 Å². The SMILES string of the molecule is COc1ccc(NC(=O)[C@@H]2[C@@H]3C(=O)N(c4ccc(OC(C)=O)cc4)C(=O)[C@@H]3[C@H]3c4ccccc4C=CN23)cc1. The van der Waals surface area contributed by atoms with Crippen molar-refractivity contribution in [1.29, 1.82) is 0 Å². The van der Waals surface area contributed by atoms with Crippen LogP contribution in [0, 0.1) is 11.8 Å². The molecule has 3 aromatic rings. The van der Waals surface area contributed by atoms with Gasteiger partial charge in [-0.2, -0.15) is 0 Å². The van der Waals surface area contributed by atoms with Crippen molar-refractivity contribution in [2.45, 2.75) is 19.0 Å². The van der Waals surface area contributed by atoms with Crippen LogP contribution in [-0.2, 0) is 19.2 Å². The molecule has 0 unspecified atom stereocenters. The molecule has 0 bridgehead atoms. The fraction of sp³-hybridized carbons (Fsp3) is 0.200. The van der Waals surface area contributed by atoms with E-state index in [0.717, 1.165) is 16.0 Å². The van der Waals surface area contributed by atoms with E-state index in [4.69, 9.17) is 9.47 Å². The van der Waals surface area contributed by atoms with Gasteiger partial charge in [0.05, 0.1) is 30.7 Å². The number of hydrogen-bond acceptors (Lipinski definition) is 7. The Morgan fingerprint density at radius 1 is 0.846 bits per heavy atom. The average Bonchev–Trinajstić information content (AvgIpc) is 3.42. The molecule has 0 spiro atoms. The van der Waals surface area contributed by atoms with Crippen LogP contribution >= 0.6 is 0 Å². The minimum atomic E-state index is -0.909. The van der Waals surface area contributed by atoms with Gasteiger partial charge in [0.15, 0.2) is 0 Å². The molecule has 3 aliphatic rings. The largest absolute Gasteiger partial charge is 0.497 e. The summed E-state index contributed by atoms with van der Waals surface area (Å²) in [4.78, 5) is 55.9. The zero-order chi connectivity index (χ0) is 27.3. The highest BCUT2D eigenvalue weighted by Gasteiger charge is 2.64. The number of esters is 1.